The average Bonchev–Trinajstić information content (AvgIpc) is 2.43. The van der Waals surface area contributed by atoms with Crippen molar-refractivity contribution in [3.63, 3.8) is 0 Å². The van der Waals surface area contributed by atoms with E-state index in [1.807, 2.05) is 25.1 Å². The second-order valence-corrected chi connectivity index (χ2v) is 4.74. The van der Waals surface area contributed by atoms with Gasteiger partial charge in [-0.15, -0.1) is 0 Å². The molecule has 0 bridgehead atoms. The van der Waals surface area contributed by atoms with Crippen LogP contribution in [-0.4, -0.2) is 26.2 Å². The first kappa shape index (κ1) is 15.0. The highest BCUT2D eigenvalue weighted by Gasteiger charge is 2.12. The van der Waals surface area contributed by atoms with Crippen molar-refractivity contribution in [3.05, 3.63) is 47.7 Å². The lowest BCUT2D eigenvalue weighted by Crippen LogP contribution is -2.13. The number of rotatable bonds is 5. The van der Waals surface area contributed by atoms with Crippen LogP contribution in [0.2, 0.25) is 0 Å². The summed E-state index contributed by atoms with van der Waals surface area (Å²) in [6, 6.07) is 5.25. The van der Waals surface area contributed by atoms with Crippen LogP contribution >= 0.6 is 0 Å². The zero-order valence-corrected chi connectivity index (χ0v) is 12.2. The zero-order valence-electron chi connectivity index (χ0n) is 12.2. The molecular weight excluding hydrogens is 276 g/mol. The van der Waals surface area contributed by atoms with Gasteiger partial charge in [0.15, 0.2) is 0 Å². The largest absolute Gasteiger partial charge is 0.479 e. The number of methoxy groups -OCH3 is 1. The number of nitrogens with zero attached hydrogens (tertiary/aromatic N) is 2. The highest BCUT2D eigenvalue weighted by Crippen LogP contribution is 2.32. The first-order valence-corrected chi connectivity index (χ1v) is 6.40. The van der Waals surface area contributed by atoms with E-state index in [9.17, 15) is 8.78 Å². The molecule has 0 aliphatic rings. The first-order valence-electron chi connectivity index (χ1n) is 6.40. The SMILES string of the molecule is COc1nccc(N(C)C)c1NCc1cc(F)cc(F)c1. The summed E-state index contributed by atoms with van der Waals surface area (Å²) in [5.41, 5.74) is 2.05. The fraction of sp³-hybridized carbons (Fsp3) is 0.267. The van der Waals surface area contributed by atoms with Gasteiger partial charge in [0.05, 0.1) is 12.8 Å². The van der Waals surface area contributed by atoms with Crippen molar-refractivity contribution >= 4 is 11.4 Å². The summed E-state index contributed by atoms with van der Waals surface area (Å²) in [6.45, 7) is 0.261. The average molecular weight is 293 g/mol. The topological polar surface area (TPSA) is 37.4 Å². The van der Waals surface area contributed by atoms with Gasteiger partial charge in [-0.1, -0.05) is 0 Å². The van der Waals surface area contributed by atoms with E-state index in [0.29, 0.717) is 17.1 Å². The Labute approximate surface area is 122 Å². The van der Waals surface area contributed by atoms with E-state index in [1.165, 1.54) is 19.2 Å². The smallest absolute Gasteiger partial charge is 0.239 e. The van der Waals surface area contributed by atoms with Gasteiger partial charge in [0.25, 0.3) is 0 Å². The molecule has 0 spiro atoms. The van der Waals surface area contributed by atoms with Gasteiger partial charge in [-0.2, -0.15) is 0 Å². The van der Waals surface area contributed by atoms with Crippen molar-refractivity contribution in [1.82, 2.24) is 4.98 Å². The molecule has 112 valence electrons. The summed E-state index contributed by atoms with van der Waals surface area (Å²) in [4.78, 5) is 6.03. The second-order valence-electron chi connectivity index (χ2n) is 4.74. The Bertz CT molecular complexity index is 612. The number of hydrogen-bond acceptors (Lipinski definition) is 4. The lowest BCUT2D eigenvalue weighted by atomic mass is 10.2. The van der Waals surface area contributed by atoms with Crippen molar-refractivity contribution in [3.8, 4) is 5.88 Å². The molecule has 0 unspecified atom stereocenters. The minimum Gasteiger partial charge on any atom is -0.479 e. The number of benzene rings is 1. The second kappa shape index (κ2) is 6.39. The predicted molar refractivity (Wildman–Crippen MR) is 78.8 cm³/mol. The fourth-order valence-corrected chi connectivity index (χ4v) is 2.03. The van der Waals surface area contributed by atoms with Crippen LogP contribution in [0.1, 0.15) is 5.56 Å². The van der Waals surface area contributed by atoms with Crippen molar-refractivity contribution in [1.29, 1.82) is 0 Å². The van der Waals surface area contributed by atoms with E-state index in [4.69, 9.17) is 4.74 Å². The van der Waals surface area contributed by atoms with Crippen LogP contribution in [0.5, 0.6) is 5.88 Å². The minimum absolute atomic E-state index is 0.261. The van der Waals surface area contributed by atoms with Gasteiger partial charge >= 0.3 is 0 Å². The maximum Gasteiger partial charge on any atom is 0.239 e. The Balaban J connectivity index is 2.26. The zero-order chi connectivity index (χ0) is 15.4. The molecule has 1 aromatic carbocycles. The number of aromatic nitrogens is 1. The summed E-state index contributed by atoms with van der Waals surface area (Å²) in [5, 5.41) is 3.12. The molecule has 21 heavy (non-hydrogen) atoms. The Morgan fingerprint density at radius 1 is 1.19 bits per heavy atom. The fourth-order valence-electron chi connectivity index (χ4n) is 2.03. The third-order valence-corrected chi connectivity index (χ3v) is 2.96. The van der Waals surface area contributed by atoms with E-state index < -0.39 is 11.6 Å². The molecule has 6 heteroatoms. The summed E-state index contributed by atoms with van der Waals surface area (Å²) in [5.74, 6) is -0.770. The van der Waals surface area contributed by atoms with Crippen LogP contribution in [0, 0.1) is 11.6 Å². The maximum absolute atomic E-state index is 13.2. The van der Waals surface area contributed by atoms with Gasteiger partial charge in [0.2, 0.25) is 5.88 Å². The van der Waals surface area contributed by atoms with E-state index in [2.05, 4.69) is 10.3 Å². The van der Waals surface area contributed by atoms with Gasteiger partial charge in [-0.25, -0.2) is 13.8 Å². The normalized spacial score (nSPS) is 10.3. The molecule has 1 N–H and O–H groups in total. The Hall–Kier alpha value is -2.37. The molecule has 0 amide bonds. The van der Waals surface area contributed by atoms with Crippen LogP contribution in [0.15, 0.2) is 30.5 Å². The van der Waals surface area contributed by atoms with Gasteiger partial charge in [-0.05, 0) is 23.8 Å². The highest BCUT2D eigenvalue weighted by atomic mass is 19.1. The Kier molecular flexibility index (Phi) is 4.57. The summed E-state index contributed by atoms with van der Waals surface area (Å²) < 4.78 is 31.6. The molecule has 1 aromatic heterocycles. The summed E-state index contributed by atoms with van der Waals surface area (Å²) >= 11 is 0. The third-order valence-electron chi connectivity index (χ3n) is 2.96. The van der Waals surface area contributed by atoms with E-state index in [0.717, 1.165) is 11.8 Å². The van der Waals surface area contributed by atoms with Gasteiger partial charge in [0.1, 0.15) is 17.3 Å². The standard InChI is InChI=1S/C15H17F2N3O/c1-20(2)13-4-5-18-15(21-3)14(13)19-9-10-6-11(16)8-12(17)7-10/h4-8,19H,9H2,1-3H3. The predicted octanol–water partition coefficient (Wildman–Crippen LogP) is 3.05. The van der Waals surface area contributed by atoms with Gasteiger partial charge in [0, 0.05) is 32.9 Å². The molecule has 0 saturated heterocycles. The van der Waals surface area contributed by atoms with Crippen LogP contribution in [0.4, 0.5) is 20.2 Å². The monoisotopic (exact) mass is 293 g/mol. The van der Waals surface area contributed by atoms with E-state index in [-0.39, 0.29) is 6.54 Å². The number of ether oxygens (including phenoxy) is 1. The molecule has 2 aromatic rings. The Morgan fingerprint density at radius 2 is 1.86 bits per heavy atom. The minimum atomic E-state index is -0.599. The van der Waals surface area contributed by atoms with Crippen molar-refractivity contribution < 1.29 is 13.5 Å². The maximum atomic E-state index is 13.2. The number of halogens is 2. The van der Waals surface area contributed by atoms with Crippen molar-refractivity contribution in [2.45, 2.75) is 6.54 Å². The van der Waals surface area contributed by atoms with E-state index in [1.54, 1.807) is 6.20 Å². The van der Waals surface area contributed by atoms with Crippen LogP contribution in [0.3, 0.4) is 0 Å². The Morgan fingerprint density at radius 3 is 2.43 bits per heavy atom. The molecular formula is C15H17F2N3O. The summed E-state index contributed by atoms with van der Waals surface area (Å²) in [6.07, 6.45) is 1.64. The lowest BCUT2D eigenvalue weighted by molar-refractivity contribution is 0.400. The number of nitrogens with one attached hydrogen (secondary N) is 1. The molecule has 0 saturated carbocycles. The van der Waals surface area contributed by atoms with Crippen LogP contribution in [-0.2, 0) is 6.54 Å². The first-order chi connectivity index (χ1) is 10.0. The molecule has 1 heterocycles. The van der Waals surface area contributed by atoms with Crippen molar-refractivity contribution in [2.75, 3.05) is 31.4 Å². The van der Waals surface area contributed by atoms with Crippen molar-refractivity contribution in [2.24, 2.45) is 0 Å². The van der Waals surface area contributed by atoms with Crippen LogP contribution in [0.25, 0.3) is 0 Å². The van der Waals surface area contributed by atoms with E-state index >= 15 is 0 Å². The van der Waals surface area contributed by atoms with Gasteiger partial charge in [-0.3, -0.25) is 0 Å². The lowest BCUT2D eigenvalue weighted by Gasteiger charge is -2.20. The molecule has 0 atom stereocenters. The molecule has 0 aliphatic carbocycles. The third kappa shape index (κ3) is 3.59. The summed E-state index contributed by atoms with van der Waals surface area (Å²) in [7, 11) is 5.30. The number of anilines is 2. The molecule has 4 nitrogen and oxygen atoms in total. The molecule has 0 aliphatic heterocycles. The molecule has 0 radical (unpaired) electrons. The quantitative estimate of drug-likeness (QED) is 0.919. The molecule has 2 rings (SSSR count). The highest BCUT2D eigenvalue weighted by molar-refractivity contribution is 5.74. The number of pyridine rings is 1. The number of hydrogen-bond donors (Lipinski definition) is 1. The molecule has 0 fully saturated rings. The van der Waals surface area contributed by atoms with Crippen LogP contribution < -0.4 is 15.0 Å². The van der Waals surface area contributed by atoms with Gasteiger partial charge < -0.3 is 15.0 Å².